The van der Waals surface area contributed by atoms with Gasteiger partial charge in [0.2, 0.25) is 0 Å². The van der Waals surface area contributed by atoms with E-state index in [0.29, 0.717) is 0 Å². The van der Waals surface area contributed by atoms with Crippen LogP contribution in [0.15, 0.2) is 24.3 Å². The Kier molecular flexibility index (Phi) is 3.75. The molecule has 0 spiro atoms. The van der Waals surface area contributed by atoms with Crippen molar-refractivity contribution in [1.82, 2.24) is 5.32 Å². The number of nitrogens with two attached hydrogens (primary N) is 1. The van der Waals surface area contributed by atoms with Gasteiger partial charge in [0.25, 0.3) is 0 Å². The summed E-state index contributed by atoms with van der Waals surface area (Å²) in [7, 11) is 0. The molecule has 2 heteroatoms. The summed E-state index contributed by atoms with van der Waals surface area (Å²) in [4.78, 5) is 0. The molecule has 0 heterocycles. The van der Waals surface area contributed by atoms with Gasteiger partial charge in [-0.3, -0.25) is 0 Å². The lowest BCUT2D eigenvalue weighted by molar-refractivity contribution is 0.427. The summed E-state index contributed by atoms with van der Waals surface area (Å²) >= 11 is 0. The molecule has 1 aliphatic rings. The molecular formula is C13H20N2. The largest absolute Gasteiger partial charge is 0.329 e. The molecule has 1 aliphatic carbocycles. The van der Waals surface area contributed by atoms with Gasteiger partial charge in [0.1, 0.15) is 0 Å². The molecule has 3 N–H and O–H groups in total. The van der Waals surface area contributed by atoms with Crippen molar-refractivity contribution in [1.29, 1.82) is 0 Å². The van der Waals surface area contributed by atoms with Gasteiger partial charge in [-0.25, -0.2) is 0 Å². The Morgan fingerprint density at radius 3 is 2.87 bits per heavy atom. The smallest absolute Gasteiger partial charge is 0.00746 e. The molecule has 0 saturated heterocycles. The van der Waals surface area contributed by atoms with Gasteiger partial charge < -0.3 is 11.1 Å². The third-order valence-corrected chi connectivity index (χ3v) is 3.20. The van der Waals surface area contributed by atoms with Crippen LogP contribution in [-0.2, 0) is 12.8 Å². The van der Waals surface area contributed by atoms with E-state index >= 15 is 0 Å². The van der Waals surface area contributed by atoms with Crippen LogP contribution >= 0.6 is 0 Å². The van der Waals surface area contributed by atoms with Crippen molar-refractivity contribution < 1.29 is 0 Å². The predicted molar refractivity (Wildman–Crippen MR) is 63.9 cm³/mol. The molecule has 15 heavy (non-hydrogen) atoms. The maximum Gasteiger partial charge on any atom is 0.00746 e. The molecule has 0 aromatic heterocycles. The number of hydrogen-bond acceptors (Lipinski definition) is 2. The van der Waals surface area contributed by atoms with Gasteiger partial charge in [0, 0.05) is 13.1 Å². The number of hydrogen-bond donors (Lipinski definition) is 2. The first-order valence-corrected chi connectivity index (χ1v) is 5.87. The van der Waals surface area contributed by atoms with Crippen molar-refractivity contribution in [3.63, 3.8) is 0 Å². The minimum Gasteiger partial charge on any atom is -0.329 e. The second kappa shape index (κ2) is 5.29. The van der Waals surface area contributed by atoms with Crippen molar-refractivity contribution >= 4 is 0 Å². The van der Waals surface area contributed by atoms with Crippen LogP contribution in [0, 0.1) is 5.92 Å². The second-order valence-electron chi connectivity index (χ2n) is 4.37. The Balaban J connectivity index is 1.88. The Morgan fingerprint density at radius 1 is 1.27 bits per heavy atom. The van der Waals surface area contributed by atoms with Gasteiger partial charge in [-0.1, -0.05) is 24.3 Å². The first kappa shape index (κ1) is 10.7. The van der Waals surface area contributed by atoms with E-state index in [4.69, 9.17) is 5.73 Å². The minimum atomic E-state index is 0.739. The molecule has 1 atom stereocenters. The fraction of sp³-hybridized carbons (Fsp3) is 0.538. The fourth-order valence-electron chi connectivity index (χ4n) is 2.36. The summed E-state index contributed by atoms with van der Waals surface area (Å²) in [5, 5.41) is 3.41. The molecule has 0 fully saturated rings. The maximum atomic E-state index is 5.46. The summed E-state index contributed by atoms with van der Waals surface area (Å²) in [6.07, 6.45) is 3.79. The van der Waals surface area contributed by atoms with Crippen LogP contribution in [0.1, 0.15) is 17.5 Å². The number of nitrogens with one attached hydrogen (secondary N) is 1. The zero-order chi connectivity index (χ0) is 10.5. The van der Waals surface area contributed by atoms with Crippen LogP contribution in [-0.4, -0.2) is 19.6 Å². The van der Waals surface area contributed by atoms with Crippen molar-refractivity contribution in [2.45, 2.75) is 19.3 Å². The molecule has 82 valence electrons. The third kappa shape index (κ3) is 2.80. The number of aryl methyl sites for hydroxylation is 1. The lowest BCUT2D eigenvalue weighted by Gasteiger charge is -2.24. The van der Waals surface area contributed by atoms with E-state index in [0.717, 1.165) is 25.6 Å². The van der Waals surface area contributed by atoms with Crippen LogP contribution < -0.4 is 11.1 Å². The van der Waals surface area contributed by atoms with Crippen molar-refractivity contribution in [2.75, 3.05) is 19.6 Å². The minimum absolute atomic E-state index is 0.739. The average Bonchev–Trinajstić information content (AvgIpc) is 2.29. The zero-order valence-corrected chi connectivity index (χ0v) is 9.21. The molecule has 1 aromatic rings. The summed E-state index contributed by atoms with van der Waals surface area (Å²) in [5.41, 5.74) is 8.55. The van der Waals surface area contributed by atoms with Gasteiger partial charge in [0.05, 0.1) is 0 Å². The quantitative estimate of drug-likeness (QED) is 0.726. The van der Waals surface area contributed by atoms with E-state index in [1.54, 1.807) is 11.1 Å². The van der Waals surface area contributed by atoms with Gasteiger partial charge in [0.15, 0.2) is 0 Å². The lowest BCUT2D eigenvalue weighted by atomic mass is 9.84. The van der Waals surface area contributed by atoms with Gasteiger partial charge >= 0.3 is 0 Å². The number of rotatable bonds is 4. The Hall–Kier alpha value is -0.860. The van der Waals surface area contributed by atoms with E-state index in [2.05, 4.69) is 29.6 Å². The second-order valence-corrected chi connectivity index (χ2v) is 4.37. The highest BCUT2D eigenvalue weighted by atomic mass is 14.9. The average molecular weight is 204 g/mol. The van der Waals surface area contributed by atoms with E-state index in [1.807, 2.05) is 0 Å². The summed E-state index contributed by atoms with van der Waals surface area (Å²) in [5.74, 6) is 0.798. The fourth-order valence-corrected chi connectivity index (χ4v) is 2.36. The molecule has 1 aromatic carbocycles. The van der Waals surface area contributed by atoms with E-state index < -0.39 is 0 Å². The van der Waals surface area contributed by atoms with Crippen molar-refractivity contribution in [3.05, 3.63) is 35.4 Å². The monoisotopic (exact) mass is 204 g/mol. The number of benzene rings is 1. The van der Waals surface area contributed by atoms with Crippen LogP contribution in [0.3, 0.4) is 0 Å². The normalized spacial score (nSPS) is 19.9. The molecule has 2 rings (SSSR count). The van der Waals surface area contributed by atoms with E-state index in [-0.39, 0.29) is 0 Å². The molecule has 0 aliphatic heterocycles. The standard InChI is InChI=1S/C13H20N2/c14-7-8-15-10-11-5-6-12-3-1-2-4-13(12)9-11/h1-4,11,15H,5-10,14H2. The van der Waals surface area contributed by atoms with E-state index in [1.165, 1.54) is 19.3 Å². The summed E-state index contributed by atoms with van der Waals surface area (Å²) in [6.45, 7) is 2.80. The van der Waals surface area contributed by atoms with Crippen molar-refractivity contribution in [2.24, 2.45) is 11.7 Å². The highest BCUT2D eigenvalue weighted by Crippen LogP contribution is 2.24. The molecule has 0 radical (unpaired) electrons. The first-order valence-electron chi connectivity index (χ1n) is 5.87. The van der Waals surface area contributed by atoms with Crippen LogP contribution in [0.25, 0.3) is 0 Å². The Labute approximate surface area is 91.9 Å². The van der Waals surface area contributed by atoms with Gasteiger partial charge in [-0.15, -0.1) is 0 Å². The molecule has 0 amide bonds. The maximum absolute atomic E-state index is 5.46. The van der Waals surface area contributed by atoms with Crippen molar-refractivity contribution in [3.8, 4) is 0 Å². The molecule has 1 unspecified atom stereocenters. The highest BCUT2D eigenvalue weighted by molar-refractivity contribution is 5.29. The van der Waals surface area contributed by atoms with E-state index in [9.17, 15) is 0 Å². The molecule has 2 nitrogen and oxygen atoms in total. The van der Waals surface area contributed by atoms with Gasteiger partial charge in [-0.2, -0.15) is 0 Å². The SMILES string of the molecule is NCCNCC1CCc2ccccc2C1. The molecular weight excluding hydrogens is 184 g/mol. The number of fused-ring (bicyclic) bond motifs is 1. The van der Waals surface area contributed by atoms with Crippen LogP contribution in [0.4, 0.5) is 0 Å². The Bertz CT molecular complexity index is 309. The molecule has 0 saturated carbocycles. The molecule has 0 bridgehead atoms. The lowest BCUT2D eigenvalue weighted by Crippen LogP contribution is -2.30. The van der Waals surface area contributed by atoms with Gasteiger partial charge in [-0.05, 0) is 42.9 Å². The topological polar surface area (TPSA) is 38.0 Å². The third-order valence-electron chi connectivity index (χ3n) is 3.20. The summed E-state index contributed by atoms with van der Waals surface area (Å²) in [6, 6.07) is 8.82. The zero-order valence-electron chi connectivity index (χ0n) is 9.21. The first-order chi connectivity index (χ1) is 7.40. The predicted octanol–water partition coefficient (Wildman–Crippen LogP) is 1.34. The van der Waals surface area contributed by atoms with Crippen LogP contribution in [0.2, 0.25) is 0 Å². The summed E-state index contributed by atoms with van der Waals surface area (Å²) < 4.78 is 0. The highest BCUT2D eigenvalue weighted by Gasteiger charge is 2.17. The Morgan fingerprint density at radius 2 is 2.07 bits per heavy atom. The van der Waals surface area contributed by atoms with Crippen LogP contribution in [0.5, 0.6) is 0 Å².